The summed E-state index contributed by atoms with van der Waals surface area (Å²) in [5.74, 6) is 0. The second kappa shape index (κ2) is 5.07. The lowest BCUT2D eigenvalue weighted by atomic mass is 10.1. The van der Waals surface area contributed by atoms with Crippen LogP contribution in [0, 0.1) is 0 Å². The van der Waals surface area contributed by atoms with E-state index in [4.69, 9.17) is 4.74 Å². The van der Waals surface area contributed by atoms with Crippen molar-refractivity contribution >= 4 is 5.69 Å². The van der Waals surface area contributed by atoms with E-state index in [2.05, 4.69) is 34.5 Å². The molecule has 1 saturated heterocycles. The molecule has 1 N–H and O–H groups in total. The summed E-state index contributed by atoms with van der Waals surface area (Å²) in [6, 6.07) is 9.66. The molecule has 1 heterocycles. The largest absolute Gasteiger partial charge is 0.378 e. The van der Waals surface area contributed by atoms with Gasteiger partial charge < -0.3 is 15.0 Å². The standard InChI is InChI=1S/C14H20N2O/c1-2-12(11-15-13-4-5-13)10-14(3-1)16-6-8-17-9-7-16/h1-3,10,13,15H,4-9,11H2. The van der Waals surface area contributed by atoms with Crippen molar-refractivity contribution in [1.82, 2.24) is 5.32 Å². The first-order valence-corrected chi connectivity index (χ1v) is 6.57. The molecule has 0 unspecified atom stereocenters. The van der Waals surface area contributed by atoms with Crippen LogP contribution in [-0.4, -0.2) is 32.3 Å². The Morgan fingerprint density at radius 2 is 2.06 bits per heavy atom. The van der Waals surface area contributed by atoms with E-state index in [1.165, 1.54) is 24.1 Å². The Morgan fingerprint density at radius 3 is 2.82 bits per heavy atom. The molecule has 1 aliphatic heterocycles. The molecule has 0 atom stereocenters. The molecular formula is C14H20N2O. The second-order valence-electron chi connectivity index (χ2n) is 4.92. The van der Waals surface area contributed by atoms with Gasteiger partial charge in [0.25, 0.3) is 0 Å². The molecule has 3 nitrogen and oxygen atoms in total. The molecule has 0 spiro atoms. The molecule has 3 heteroatoms. The van der Waals surface area contributed by atoms with Gasteiger partial charge in [-0.3, -0.25) is 0 Å². The Bertz CT molecular complexity index is 370. The van der Waals surface area contributed by atoms with Crippen LogP contribution < -0.4 is 10.2 Å². The average Bonchev–Trinajstić information content (AvgIpc) is 3.22. The van der Waals surface area contributed by atoms with Gasteiger partial charge in [-0.1, -0.05) is 12.1 Å². The number of ether oxygens (including phenoxy) is 1. The summed E-state index contributed by atoms with van der Waals surface area (Å²) in [5, 5.41) is 3.56. The average molecular weight is 232 g/mol. The van der Waals surface area contributed by atoms with E-state index < -0.39 is 0 Å². The molecular weight excluding hydrogens is 212 g/mol. The molecule has 1 aliphatic carbocycles. The van der Waals surface area contributed by atoms with Gasteiger partial charge >= 0.3 is 0 Å². The fourth-order valence-corrected chi connectivity index (χ4v) is 2.23. The minimum atomic E-state index is 0.780. The van der Waals surface area contributed by atoms with Gasteiger partial charge in [-0.15, -0.1) is 0 Å². The van der Waals surface area contributed by atoms with Crippen molar-refractivity contribution in [1.29, 1.82) is 0 Å². The molecule has 1 saturated carbocycles. The van der Waals surface area contributed by atoms with Gasteiger partial charge in [0.2, 0.25) is 0 Å². The van der Waals surface area contributed by atoms with Gasteiger partial charge in [0.1, 0.15) is 0 Å². The third-order valence-electron chi connectivity index (χ3n) is 3.46. The Labute approximate surface area is 103 Å². The van der Waals surface area contributed by atoms with Crippen molar-refractivity contribution in [2.24, 2.45) is 0 Å². The van der Waals surface area contributed by atoms with Gasteiger partial charge in [0.05, 0.1) is 13.2 Å². The van der Waals surface area contributed by atoms with Gasteiger partial charge in [-0.25, -0.2) is 0 Å². The molecule has 92 valence electrons. The Morgan fingerprint density at radius 1 is 1.24 bits per heavy atom. The van der Waals surface area contributed by atoms with Crippen LogP contribution in [0.3, 0.4) is 0 Å². The lowest BCUT2D eigenvalue weighted by Gasteiger charge is -2.29. The smallest absolute Gasteiger partial charge is 0.0642 e. The number of nitrogens with zero attached hydrogens (tertiary/aromatic N) is 1. The fourth-order valence-electron chi connectivity index (χ4n) is 2.23. The van der Waals surface area contributed by atoms with Crippen LogP contribution in [-0.2, 0) is 11.3 Å². The van der Waals surface area contributed by atoms with Crippen LogP contribution in [0.2, 0.25) is 0 Å². The maximum atomic E-state index is 5.38. The Balaban J connectivity index is 1.64. The summed E-state index contributed by atoms with van der Waals surface area (Å²) in [6.45, 7) is 4.73. The van der Waals surface area contributed by atoms with Crippen molar-refractivity contribution in [3.63, 3.8) is 0 Å². The fraction of sp³-hybridized carbons (Fsp3) is 0.571. The molecule has 1 aromatic carbocycles. The molecule has 0 amide bonds. The molecule has 2 fully saturated rings. The lowest BCUT2D eigenvalue weighted by Crippen LogP contribution is -2.36. The second-order valence-corrected chi connectivity index (χ2v) is 4.92. The van der Waals surface area contributed by atoms with Crippen molar-refractivity contribution in [2.75, 3.05) is 31.2 Å². The summed E-state index contributed by atoms with van der Waals surface area (Å²) < 4.78 is 5.38. The van der Waals surface area contributed by atoms with E-state index in [1.54, 1.807) is 0 Å². The van der Waals surface area contributed by atoms with Gasteiger partial charge in [0, 0.05) is 31.4 Å². The van der Waals surface area contributed by atoms with Gasteiger partial charge in [-0.05, 0) is 30.5 Å². The van der Waals surface area contributed by atoms with Crippen LogP contribution >= 0.6 is 0 Å². The molecule has 17 heavy (non-hydrogen) atoms. The van der Waals surface area contributed by atoms with E-state index in [1.807, 2.05) is 0 Å². The van der Waals surface area contributed by atoms with Gasteiger partial charge in [0.15, 0.2) is 0 Å². The predicted octanol–water partition coefficient (Wildman–Crippen LogP) is 1.78. The van der Waals surface area contributed by atoms with Crippen LogP contribution in [0.25, 0.3) is 0 Å². The first-order chi connectivity index (χ1) is 8.42. The number of morpholine rings is 1. The number of hydrogen-bond donors (Lipinski definition) is 1. The lowest BCUT2D eigenvalue weighted by molar-refractivity contribution is 0.122. The minimum Gasteiger partial charge on any atom is -0.378 e. The highest BCUT2D eigenvalue weighted by Gasteiger charge is 2.20. The van der Waals surface area contributed by atoms with Crippen LogP contribution in [0.15, 0.2) is 24.3 Å². The zero-order valence-electron chi connectivity index (χ0n) is 10.2. The van der Waals surface area contributed by atoms with Crippen molar-refractivity contribution < 1.29 is 4.74 Å². The Hall–Kier alpha value is -1.06. The van der Waals surface area contributed by atoms with Crippen LogP contribution in [0.4, 0.5) is 5.69 Å². The van der Waals surface area contributed by atoms with E-state index >= 15 is 0 Å². The summed E-state index contributed by atoms with van der Waals surface area (Å²) in [4.78, 5) is 2.41. The Kier molecular flexibility index (Phi) is 3.29. The maximum absolute atomic E-state index is 5.38. The highest BCUT2D eigenvalue weighted by molar-refractivity contribution is 5.48. The third kappa shape index (κ3) is 2.99. The van der Waals surface area contributed by atoms with Crippen LogP contribution in [0.1, 0.15) is 18.4 Å². The van der Waals surface area contributed by atoms with Gasteiger partial charge in [-0.2, -0.15) is 0 Å². The first kappa shape index (κ1) is 11.1. The molecule has 1 aromatic rings. The van der Waals surface area contributed by atoms with Crippen molar-refractivity contribution in [3.05, 3.63) is 29.8 Å². The monoisotopic (exact) mass is 232 g/mol. The zero-order chi connectivity index (χ0) is 11.5. The minimum absolute atomic E-state index is 0.780. The van der Waals surface area contributed by atoms with Crippen molar-refractivity contribution in [3.8, 4) is 0 Å². The zero-order valence-corrected chi connectivity index (χ0v) is 10.2. The van der Waals surface area contributed by atoms with E-state index in [-0.39, 0.29) is 0 Å². The number of rotatable bonds is 4. The molecule has 0 aromatic heterocycles. The van der Waals surface area contributed by atoms with Crippen molar-refractivity contribution in [2.45, 2.75) is 25.4 Å². The molecule has 3 rings (SSSR count). The molecule has 0 bridgehead atoms. The quantitative estimate of drug-likeness (QED) is 0.856. The summed E-state index contributed by atoms with van der Waals surface area (Å²) in [5.41, 5.74) is 2.73. The summed E-state index contributed by atoms with van der Waals surface area (Å²) >= 11 is 0. The predicted molar refractivity (Wildman–Crippen MR) is 69.3 cm³/mol. The number of hydrogen-bond acceptors (Lipinski definition) is 3. The number of benzene rings is 1. The van der Waals surface area contributed by atoms with Crippen LogP contribution in [0.5, 0.6) is 0 Å². The maximum Gasteiger partial charge on any atom is 0.0642 e. The third-order valence-corrected chi connectivity index (χ3v) is 3.46. The van der Waals surface area contributed by atoms with E-state index in [0.717, 1.165) is 38.9 Å². The summed E-state index contributed by atoms with van der Waals surface area (Å²) in [6.07, 6.45) is 2.70. The topological polar surface area (TPSA) is 24.5 Å². The normalized spacial score (nSPS) is 20.6. The molecule has 0 radical (unpaired) electrons. The summed E-state index contributed by atoms with van der Waals surface area (Å²) in [7, 11) is 0. The number of anilines is 1. The highest BCUT2D eigenvalue weighted by atomic mass is 16.5. The number of nitrogens with one attached hydrogen (secondary N) is 1. The van der Waals surface area contributed by atoms with E-state index in [0.29, 0.717) is 0 Å². The SMILES string of the molecule is c1cc(CNC2CC2)cc(N2CCOCC2)c1. The molecule has 2 aliphatic rings. The highest BCUT2D eigenvalue weighted by Crippen LogP contribution is 2.21. The van der Waals surface area contributed by atoms with E-state index in [9.17, 15) is 0 Å². The first-order valence-electron chi connectivity index (χ1n) is 6.57.